The molecule has 5 nitrogen and oxygen atoms in total. The predicted molar refractivity (Wildman–Crippen MR) is 103 cm³/mol. The number of nitrogens with one attached hydrogen (secondary N) is 1. The van der Waals surface area contributed by atoms with Crippen molar-refractivity contribution in [3.8, 4) is 0 Å². The van der Waals surface area contributed by atoms with Crippen molar-refractivity contribution in [3.63, 3.8) is 0 Å². The third-order valence-electron chi connectivity index (χ3n) is 5.07. The van der Waals surface area contributed by atoms with Crippen LogP contribution in [-0.4, -0.2) is 33.0 Å². The zero-order chi connectivity index (χ0) is 18.6. The molecule has 0 amide bonds. The van der Waals surface area contributed by atoms with Crippen LogP contribution in [-0.2, 0) is 15.8 Å². The van der Waals surface area contributed by atoms with Crippen LogP contribution in [0.25, 0.3) is 0 Å². The SMILES string of the molecule is Cc1cccc(CS(=O)(=O)NCC(c2ccco2)N2CCC(C)CC2)c1. The number of sulfonamides is 1. The van der Waals surface area contributed by atoms with Gasteiger partial charge in [-0.05, 0) is 56.5 Å². The van der Waals surface area contributed by atoms with Gasteiger partial charge >= 0.3 is 0 Å². The normalized spacial score (nSPS) is 18.1. The highest BCUT2D eigenvalue weighted by Gasteiger charge is 2.27. The Balaban J connectivity index is 1.67. The van der Waals surface area contributed by atoms with E-state index in [1.165, 1.54) is 0 Å². The third-order valence-corrected chi connectivity index (χ3v) is 6.39. The number of hydrogen-bond donors (Lipinski definition) is 1. The zero-order valence-corrected chi connectivity index (χ0v) is 16.3. The van der Waals surface area contributed by atoms with Crippen molar-refractivity contribution in [2.24, 2.45) is 5.92 Å². The molecule has 2 aromatic rings. The standard InChI is InChI=1S/C20H28N2O3S/c1-16-8-10-22(11-9-16)19(20-7-4-12-25-20)14-21-26(23,24)15-18-6-3-5-17(2)13-18/h3-7,12-13,16,19,21H,8-11,14-15H2,1-2H3. The minimum atomic E-state index is -3.41. The Morgan fingerprint density at radius 1 is 1.23 bits per heavy atom. The van der Waals surface area contributed by atoms with Crippen LogP contribution in [0, 0.1) is 12.8 Å². The second kappa shape index (κ2) is 8.37. The number of piperidine rings is 1. The van der Waals surface area contributed by atoms with E-state index in [-0.39, 0.29) is 11.8 Å². The summed E-state index contributed by atoms with van der Waals surface area (Å²) in [5, 5.41) is 0. The molecule has 0 bridgehead atoms. The number of furan rings is 1. The van der Waals surface area contributed by atoms with Crippen molar-refractivity contribution in [1.82, 2.24) is 9.62 Å². The number of nitrogens with zero attached hydrogens (tertiary/aromatic N) is 1. The Kier molecular flexibility index (Phi) is 6.16. The highest BCUT2D eigenvalue weighted by atomic mass is 32.2. The molecule has 0 radical (unpaired) electrons. The topological polar surface area (TPSA) is 62.6 Å². The van der Waals surface area contributed by atoms with Crippen molar-refractivity contribution < 1.29 is 12.8 Å². The minimum absolute atomic E-state index is 0.00338. The Morgan fingerprint density at radius 2 is 2.00 bits per heavy atom. The molecule has 0 spiro atoms. The Labute approximate surface area is 156 Å². The summed E-state index contributed by atoms with van der Waals surface area (Å²) in [6, 6.07) is 11.3. The molecule has 1 unspecified atom stereocenters. The first-order valence-electron chi connectivity index (χ1n) is 9.23. The van der Waals surface area contributed by atoms with Gasteiger partial charge < -0.3 is 4.42 Å². The van der Waals surface area contributed by atoms with Crippen molar-refractivity contribution in [2.75, 3.05) is 19.6 Å². The molecule has 1 aromatic heterocycles. The van der Waals surface area contributed by atoms with E-state index in [1.54, 1.807) is 6.26 Å². The van der Waals surface area contributed by atoms with Crippen LogP contribution in [0.5, 0.6) is 0 Å². The fourth-order valence-electron chi connectivity index (χ4n) is 3.51. The number of likely N-dealkylation sites (tertiary alicyclic amines) is 1. The molecule has 1 N–H and O–H groups in total. The van der Waals surface area contributed by atoms with Gasteiger partial charge in [0, 0.05) is 6.54 Å². The molecule has 142 valence electrons. The number of rotatable bonds is 7. The molecule has 2 heterocycles. The summed E-state index contributed by atoms with van der Waals surface area (Å²) in [6.45, 7) is 6.49. The Morgan fingerprint density at radius 3 is 2.65 bits per heavy atom. The summed E-state index contributed by atoms with van der Waals surface area (Å²) in [5.74, 6) is 1.54. The van der Waals surface area contributed by atoms with Crippen LogP contribution < -0.4 is 4.72 Å². The maximum Gasteiger partial charge on any atom is 0.215 e. The summed E-state index contributed by atoms with van der Waals surface area (Å²) in [7, 11) is -3.41. The Bertz CT molecular complexity index is 794. The smallest absolute Gasteiger partial charge is 0.215 e. The van der Waals surface area contributed by atoms with Crippen LogP contribution in [0.2, 0.25) is 0 Å². The average Bonchev–Trinajstić information content (AvgIpc) is 3.10. The zero-order valence-electron chi connectivity index (χ0n) is 15.5. The van der Waals surface area contributed by atoms with Gasteiger partial charge in [0.25, 0.3) is 0 Å². The van der Waals surface area contributed by atoms with Gasteiger partial charge in [-0.25, -0.2) is 13.1 Å². The van der Waals surface area contributed by atoms with Gasteiger partial charge in [0.1, 0.15) is 5.76 Å². The molecule has 1 aliphatic heterocycles. The lowest BCUT2D eigenvalue weighted by atomic mass is 9.97. The van der Waals surface area contributed by atoms with Crippen LogP contribution in [0.4, 0.5) is 0 Å². The van der Waals surface area contributed by atoms with E-state index >= 15 is 0 Å². The fourth-order valence-corrected chi connectivity index (χ4v) is 4.64. The van der Waals surface area contributed by atoms with Gasteiger partial charge in [-0.15, -0.1) is 0 Å². The van der Waals surface area contributed by atoms with Gasteiger partial charge in [0.05, 0.1) is 18.1 Å². The fraction of sp³-hybridized carbons (Fsp3) is 0.500. The molecule has 0 saturated carbocycles. The number of benzene rings is 1. The van der Waals surface area contributed by atoms with Gasteiger partial charge in [0.15, 0.2) is 0 Å². The van der Waals surface area contributed by atoms with E-state index < -0.39 is 10.0 Å². The lowest BCUT2D eigenvalue weighted by Gasteiger charge is -2.35. The van der Waals surface area contributed by atoms with E-state index in [1.807, 2.05) is 43.3 Å². The summed E-state index contributed by atoms with van der Waals surface area (Å²) in [4.78, 5) is 2.33. The van der Waals surface area contributed by atoms with Gasteiger partial charge in [-0.2, -0.15) is 0 Å². The minimum Gasteiger partial charge on any atom is -0.468 e. The van der Waals surface area contributed by atoms with Gasteiger partial charge in [-0.3, -0.25) is 4.90 Å². The predicted octanol–water partition coefficient (Wildman–Crippen LogP) is 3.48. The molecule has 1 aromatic carbocycles. The maximum atomic E-state index is 12.6. The summed E-state index contributed by atoms with van der Waals surface area (Å²) in [5.41, 5.74) is 1.87. The van der Waals surface area contributed by atoms with Crippen LogP contribution in [0.3, 0.4) is 0 Å². The average molecular weight is 377 g/mol. The lowest BCUT2D eigenvalue weighted by Crippen LogP contribution is -2.42. The van der Waals surface area contributed by atoms with E-state index in [0.717, 1.165) is 48.7 Å². The molecule has 26 heavy (non-hydrogen) atoms. The first-order chi connectivity index (χ1) is 12.4. The Hall–Kier alpha value is -1.63. The van der Waals surface area contributed by atoms with E-state index in [2.05, 4.69) is 16.5 Å². The molecule has 1 saturated heterocycles. The summed E-state index contributed by atoms with van der Waals surface area (Å²) >= 11 is 0. The molecule has 0 aliphatic carbocycles. The largest absolute Gasteiger partial charge is 0.468 e. The van der Waals surface area contributed by atoms with Crippen molar-refractivity contribution in [1.29, 1.82) is 0 Å². The van der Waals surface area contributed by atoms with Crippen LogP contribution >= 0.6 is 0 Å². The van der Waals surface area contributed by atoms with Gasteiger partial charge in [-0.1, -0.05) is 36.8 Å². The molecule has 3 rings (SSSR count). The van der Waals surface area contributed by atoms with E-state index in [0.29, 0.717) is 6.54 Å². The highest BCUT2D eigenvalue weighted by molar-refractivity contribution is 7.88. The number of aryl methyl sites for hydroxylation is 1. The van der Waals surface area contributed by atoms with Crippen LogP contribution in [0.15, 0.2) is 47.1 Å². The first-order valence-corrected chi connectivity index (χ1v) is 10.9. The molecular weight excluding hydrogens is 348 g/mol. The lowest BCUT2D eigenvalue weighted by molar-refractivity contribution is 0.125. The van der Waals surface area contributed by atoms with E-state index in [4.69, 9.17) is 4.42 Å². The molecular formula is C20H28N2O3S. The summed E-state index contributed by atoms with van der Waals surface area (Å²) in [6.07, 6.45) is 3.91. The third kappa shape index (κ3) is 5.19. The molecule has 1 fully saturated rings. The summed E-state index contributed by atoms with van der Waals surface area (Å²) < 4.78 is 33.5. The molecule has 1 atom stereocenters. The van der Waals surface area contributed by atoms with Crippen molar-refractivity contribution in [3.05, 3.63) is 59.5 Å². The molecule has 6 heteroatoms. The quantitative estimate of drug-likeness (QED) is 0.804. The number of hydrogen-bond acceptors (Lipinski definition) is 4. The first kappa shape index (κ1) is 19.1. The maximum absolute atomic E-state index is 12.6. The van der Waals surface area contributed by atoms with Crippen molar-refractivity contribution in [2.45, 2.75) is 38.5 Å². The second-order valence-corrected chi connectivity index (χ2v) is 9.15. The highest BCUT2D eigenvalue weighted by Crippen LogP contribution is 2.27. The molecule has 1 aliphatic rings. The van der Waals surface area contributed by atoms with Gasteiger partial charge in [0.2, 0.25) is 10.0 Å². The van der Waals surface area contributed by atoms with E-state index in [9.17, 15) is 8.42 Å². The van der Waals surface area contributed by atoms with Crippen LogP contribution in [0.1, 0.15) is 42.7 Å². The second-order valence-electron chi connectivity index (χ2n) is 7.35. The van der Waals surface area contributed by atoms with Crippen molar-refractivity contribution >= 4 is 10.0 Å². The monoisotopic (exact) mass is 376 g/mol.